The molecule has 0 radical (unpaired) electrons. The summed E-state index contributed by atoms with van der Waals surface area (Å²) in [6.07, 6.45) is 5.51. The highest BCUT2D eigenvalue weighted by Crippen LogP contribution is 2.26. The minimum Gasteiger partial charge on any atom is -0.508 e. The minimum absolute atomic E-state index is 0.145. The fourth-order valence-corrected chi connectivity index (χ4v) is 3.52. The summed E-state index contributed by atoms with van der Waals surface area (Å²) in [6, 6.07) is 15.9. The van der Waals surface area contributed by atoms with Gasteiger partial charge < -0.3 is 19.3 Å². The number of aryl methyl sites for hydroxylation is 1. The highest BCUT2D eigenvalue weighted by Gasteiger charge is 2.13. The van der Waals surface area contributed by atoms with Gasteiger partial charge in [0.25, 0.3) is 0 Å². The van der Waals surface area contributed by atoms with Crippen LogP contribution in [0.2, 0.25) is 0 Å². The third-order valence-corrected chi connectivity index (χ3v) is 5.39. The van der Waals surface area contributed by atoms with Gasteiger partial charge in [-0.25, -0.2) is 9.59 Å². The quantitative estimate of drug-likeness (QED) is 0.154. The van der Waals surface area contributed by atoms with Crippen LogP contribution in [0, 0.1) is 0 Å². The smallest absolute Gasteiger partial charge is 0.343 e. The van der Waals surface area contributed by atoms with E-state index in [1.54, 1.807) is 24.3 Å². The number of carbonyl (C=O) groups excluding carboxylic acids is 2. The van der Waals surface area contributed by atoms with E-state index in [9.17, 15) is 14.7 Å². The Balaban J connectivity index is 1.50. The largest absolute Gasteiger partial charge is 0.508 e. The lowest BCUT2D eigenvalue weighted by atomic mass is 10.1. The van der Waals surface area contributed by atoms with Gasteiger partial charge in [-0.1, -0.05) is 25.6 Å². The van der Waals surface area contributed by atoms with E-state index < -0.39 is 5.97 Å². The molecule has 0 unspecified atom stereocenters. The van der Waals surface area contributed by atoms with Crippen molar-refractivity contribution in [1.29, 1.82) is 0 Å². The lowest BCUT2D eigenvalue weighted by Gasteiger charge is -2.10. The topological polar surface area (TPSA) is 82.1 Å². The van der Waals surface area contributed by atoms with Crippen LogP contribution >= 0.6 is 0 Å². The summed E-state index contributed by atoms with van der Waals surface area (Å²) in [4.78, 5) is 23.6. The van der Waals surface area contributed by atoms with Crippen molar-refractivity contribution in [1.82, 2.24) is 0 Å². The number of esters is 2. The van der Waals surface area contributed by atoms with E-state index in [2.05, 4.69) is 6.58 Å². The molecule has 0 heterocycles. The molecule has 3 aromatic carbocycles. The Kier molecular flexibility index (Phi) is 9.09. The first-order valence-corrected chi connectivity index (χ1v) is 11.5. The molecule has 3 rings (SSSR count). The molecule has 0 aliphatic rings. The van der Waals surface area contributed by atoms with Gasteiger partial charge in [0.05, 0.1) is 18.8 Å². The van der Waals surface area contributed by atoms with Crippen LogP contribution in [0.1, 0.15) is 48.5 Å². The molecule has 6 heteroatoms. The van der Waals surface area contributed by atoms with Gasteiger partial charge in [-0.2, -0.15) is 0 Å². The van der Waals surface area contributed by atoms with Crippen LogP contribution < -0.4 is 9.47 Å². The van der Waals surface area contributed by atoms with Crippen molar-refractivity contribution in [2.75, 3.05) is 13.2 Å². The van der Waals surface area contributed by atoms with E-state index in [-0.39, 0.29) is 11.7 Å². The predicted octanol–water partition coefficient (Wildman–Crippen LogP) is 6.00. The SMILES string of the molecule is C=CC(=O)OCCCCCCOc1ccc2cc(C(=O)Oc3ccc(O)cc3CC)ccc2c1. The maximum absolute atomic E-state index is 12.7. The molecule has 0 aliphatic carbocycles. The number of unbranched alkanes of at least 4 members (excludes halogenated alkanes) is 3. The number of phenols is 1. The van der Waals surface area contributed by atoms with Gasteiger partial charge in [0, 0.05) is 6.08 Å². The van der Waals surface area contributed by atoms with E-state index in [0.29, 0.717) is 30.9 Å². The maximum Gasteiger partial charge on any atom is 0.343 e. The summed E-state index contributed by atoms with van der Waals surface area (Å²) in [5, 5.41) is 11.5. The summed E-state index contributed by atoms with van der Waals surface area (Å²) in [5.41, 5.74) is 1.22. The molecule has 0 amide bonds. The van der Waals surface area contributed by atoms with Crippen LogP contribution in [0.3, 0.4) is 0 Å². The third-order valence-electron chi connectivity index (χ3n) is 5.39. The Morgan fingerprint density at radius 3 is 2.41 bits per heavy atom. The Bertz CT molecular complexity index is 1150. The van der Waals surface area contributed by atoms with Gasteiger partial charge >= 0.3 is 11.9 Å². The summed E-state index contributed by atoms with van der Waals surface area (Å²) in [6.45, 7) is 6.32. The first-order valence-electron chi connectivity index (χ1n) is 11.5. The number of hydrogen-bond donors (Lipinski definition) is 1. The zero-order valence-corrected chi connectivity index (χ0v) is 19.4. The lowest BCUT2D eigenvalue weighted by Crippen LogP contribution is -2.09. The van der Waals surface area contributed by atoms with Gasteiger partial charge in [-0.3, -0.25) is 0 Å². The summed E-state index contributed by atoms with van der Waals surface area (Å²) in [5.74, 6) is 0.548. The van der Waals surface area contributed by atoms with E-state index >= 15 is 0 Å². The maximum atomic E-state index is 12.7. The molecule has 3 aromatic rings. The molecule has 0 fully saturated rings. The number of benzene rings is 3. The van der Waals surface area contributed by atoms with Gasteiger partial charge in [-0.05, 0) is 90.9 Å². The summed E-state index contributed by atoms with van der Waals surface area (Å²) < 4.78 is 16.4. The number of phenolic OH excluding ortho intramolecular Hbond substituents is 1. The predicted molar refractivity (Wildman–Crippen MR) is 132 cm³/mol. The molecule has 0 atom stereocenters. The van der Waals surface area contributed by atoms with Crippen molar-refractivity contribution in [2.45, 2.75) is 39.0 Å². The van der Waals surface area contributed by atoms with Crippen LogP contribution in [0.25, 0.3) is 10.8 Å². The number of fused-ring (bicyclic) bond motifs is 1. The third kappa shape index (κ3) is 7.10. The van der Waals surface area contributed by atoms with Crippen LogP contribution in [-0.2, 0) is 16.0 Å². The Morgan fingerprint density at radius 1 is 0.912 bits per heavy atom. The zero-order chi connectivity index (χ0) is 24.3. The number of carbonyl (C=O) groups is 2. The van der Waals surface area contributed by atoms with Crippen molar-refractivity contribution in [2.24, 2.45) is 0 Å². The van der Waals surface area contributed by atoms with Gasteiger partial charge in [0.1, 0.15) is 17.2 Å². The van der Waals surface area contributed by atoms with Crippen molar-refractivity contribution in [3.05, 3.63) is 78.4 Å². The molecule has 6 nitrogen and oxygen atoms in total. The van der Waals surface area contributed by atoms with Crippen LogP contribution in [-0.4, -0.2) is 30.3 Å². The average molecular weight is 463 g/mol. The lowest BCUT2D eigenvalue weighted by molar-refractivity contribution is -0.137. The van der Waals surface area contributed by atoms with E-state index in [0.717, 1.165) is 47.8 Å². The number of ether oxygens (including phenoxy) is 3. The Hall–Kier alpha value is -3.80. The Labute approximate surface area is 199 Å². The molecule has 0 aliphatic heterocycles. The van der Waals surface area contributed by atoms with E-state index in [1.165, 1.54) is 12.1 Å². The molecular weight excluding hydrogens is 432 g/mol. The molecule has 0 bridgehead atoms. The fourth-order valence-electron chi connectivity index (χ4n) is 3.52. The van der Waals surface area contributed by atoms with Crippen LogP contribution in [0.15, 0.2) is 67.3 Å². The average Bonchev–Trinajstić information content (AvgIpc) is 2.85. The van der Waals surface area contributed by atoms with Crippen molar-refractivity contribution < 1.29 is 28.9 Å². The zero-order valence-electron chi connectivity index (χ0n) is 19.4. The number of aromatic hydroxyl groups is 1. The van der Waals surface area contributed by atoms with Crippen LogP contribution in [0.4, 0.5) is 0 Å². The van der Waals surface area contributed by atoms with Gasteiger partial charge in [0.15, 0.2) is 0 Å². The van der Waals surface area contributed by atoms with E-state index in [4.69, 9.17) is 14.2 Å². The van der Waals surface area contributed by atoms with Crippen LogP contribution in [0.5, 0.6) is 17.2 Å². The van der Waals surface area contributed by atoms with Crippen molar-refractivity contribution in [3.63, 3.8) is 0 Å². The molecule has 0 saturated carbocycles. The molecular formula is C28H30O6. The molecule has 178 valence electrons. The number of hydrogen-bond acceptors (Lipinski definition) is 6. The Morgan fingerprint density at radius 2 is 1.65 bits per heavy atom. The first kappa shape index (κ1) is 24.8. The van der Waals surface area contributed by atoms with Gasteiger partial charge in [0.2, 0.25) is 0 Å². The molecule has 0 spiro atoms. The molecule has 1 N–H and O–H groups in total. The molecule has 0 saturated heterocycles. The monoisotopic (exact) mass is 462 g/mol. The molecule has 34 heavy (non-hydrogen) atoms. The van der Waals surface area contributed by atoms with Crippen molar-refractivity contribution in [3.8, 4) is 17.2 Å². The standard InChI is InChI=1S/C28H30O6/c1-3-20-18-24(29)12-14-26(20)34-28(31)23-10-9-22-19-25(13-11-21(22)17-23)32-15-7-5-6-8-16-33-27(30)4-2/h4,9-14,17-19,29H,2-3,5-8,15-16H2,1H3. The second kappa shape index (κ2) is 12.4. The fraction of sp³-hybridized carbons (Fsp3) is 0.286. The van der Waals surface area contributed by atoms with E-state index in [1.807, 2.05) is 31.2 Å². The first-order chi connectivity index (χ1) is 16.5. The highest BCUT2D eigenvalue weighted by atomic mass is 16.5. The number of rotatable bonds is 12. The second-order valence-electron chi connectivity index (χ2n) is 7.89. The van der Waals surface area contributed by atoms with Crippen molar-refractivity contribution >= 4 is 22.7 Å². The highest BCUT2D eigenvalue weighted by molar-refractivity contribution is 5.96. The minimum atomic E-state index is -0.443. The molecule has 0 aromatic heterocycles. The summed E-state index contributed by atoms with van der Waals surface area (Å²) >= 11 is 0. The van der Waals surface area contributed by atoms with Gasteiger partial charge in [-0.15, -0.1) is 0 Å². The normalized spacial score (nSPS) is 10.6. The summed E-state index contributed by atoms with van der Waals surface area (Å²) in [7, 11) is 0. The second-order valence-corrected chi connectivity index (χ2v) is 7.89.